The van der Waals surface area contributed by atoms with Crippen molar-refractivity contribution in [2.24, 2.45) is 0 Å². The Morgan fingerprint density at radius 1 is 1.23 bits per heavy atom. The van der Waals surface area contributed by atoms with E-state index in [2.05, 4.69) is 10.1 Å². The average molecular weight is 392 g/mol. The third-order valence-electron chi connectivity index (χ3n) is 3.90. The molecule has 0 aliphatic carbocycles. The molecule has 0 aliphatic heterocycles. The molecule has 8 heteroatoms. The molecule has 2 aromatic heterocycles. The summed E-state index contributed by atoms with van der Waals surface area (Å²) in [6.07, 6.45) is 0. The lowest BCUT2D eigenvalue weighted by Gasteiger charge is -2.08. The minimum Gasteiger partial charge on any atom is -0.460 e. The minimum atomic E-state index is -0.974. The van der Waals surface area contributed by atoms with Crippen molar-refractivity contribution in [2.45, 2.75) is 20.8 Å². The summed E-state index contributed by atoms with van der Waals surface area (Å²) in [5, 5.41) is 5.06. The van der Waals surface area contributed by atoms with Gasteiger partial charge < -0.3 is 4.74 Å². The quantitative estimate of drug-likeness (QED) is 0.290. The van der Waals surface area contributed by atoms with Crippen LogP contribution in [0.15, 0.2) is 24.3 Å². The molecule has 0 fully saturated rings. The van der Waals surface area contributed by atoms with Gasteiger partial charge in [0, 0.05) is 16.1 Å². The van der Waals surface area contributed by atoms with Crippen LogP contribution in [-0.2, 0) is 9.53 Å². The molecule has 0 saturated heterocycles. The van der Waals surface area contributed by atoms with Crippen molar-refractivity contribution in [2.75, 3.05) is 6.61 Å². The number of benzene rings is 1. The van der Waals surface area contributed by atoms with Gasteiger partial charge in [-0.25, -0.2) is 14.3 Å². The molecule has 0 spiro atoms. The Balaban J connectivity index is 2.21. The van der Waals surface area contributed by atoms with Gasteiger partial charge in [0.05, 0.1) is 23.6 Å². The van der Waals surface area contributed by atoms with Crippen LogP contribution in [-0.4, -0.2) is 33.0 Å². The first-order valence-corrected chi connectivity index (χ1v) is 8.63. The Morgan fingerprint density at radius 3 is 2.62 bits per heavy atom. The lowest BCUT2D eigenvalue weighted by Crippen LogP contribution is -2.20. The van der Waals surface area contributed by atoms with Crippen LogP contribution in [0.2, 0.25) is 10.2 Å². The van der Waals surface area contributed by atoms with Crippen LogP contribution in [0.3, 0.4) is 0 Å². The van der Waals surface area contributed by atoms with Crippen molar-refractivity contribution in [1.29, 1.82) is 0 Å². The summed E-state index contributed by atoms with van der Waals surface area (Å²) in [7, 11) is 0. The molecule has 3 aromatic rings. The molecule has 0 radical (unpaired) electrons. The van der Waals surface area contributed by atoms with Crippen molar-refractivity contribution in [3.63, 3.8) is 0 Å². The molecule has 26 heavy (non-hydrogen) atoms. The fourth-order valence-corrected chi connectivity index (χ4v) is 3.22. The van der Waals surface area contributed by atoms with Gasteiger partial charge in [-0.3, -0.25) is 4.79 Å². The number of carbonyl (C=O) groups excluding carboxylic acids is 2. The Hall–Kier alpha value is -2.44. The monoisotopic (exact) mass is 391 g/mol. The molecular formula is C18H15Cl2N3O3. The molecule has 134 valence electrons. The van der Waals surface area contributed by atoms with E-state index in [1.54, 1.807) is 26.0 Å². The molecule has 0 N–H and O–H groups in total. The number of Topliss-reactive ketones (excluding diaryl/α,β-unsaturated/α-hetero) is 1. The summed E-state index contributed by atoms with van der Waals surface area (Å²) in [6.45, 7) is 5.18. The fraction of sp³-hybridized carbons (Fsp3) is 0.222. The maximum atomic E-state index is 12.4. The number of nitrogens with zero attached hydrogens (tertiary/aromatic N) is 3. The lowest BCUT2D eigenvalue weighted by molar-refractivity contribution is -0.137. The number of halogens is 2. The highest BCUT2D eigenvalue weighted by molar-refractivity contribution is 6.45. The molecule has 0 aliphatic rings. The largest absolute Gasteiger partial charge is 0.460 e. The second-order valence-corrected chi connectivity index (χ2v) is 6.43. The van der Waals surface area contributed by atoms with Crippen LogP contribution in [0.1, 0.15) is 28.5 Å². The molecule has 2 heterocycles. The summed E-state index contributed by atoms with van der Waals surface area (Å²) in [5.74, 6) is -1.82. The number of fused-ring (bicyclic) bond motifs is 1. The Labute approximate surface area is 159 Å². The minimum absolute atomic E-state index is 0.0157. The van der Waals surface area contributed by atoms with Crippen LogP contribution in [0, 0.1) is 13.8 Å². The first-order valence-electron chi connectivity index (χ1n) is 7.88. The van der Waals surface area contributed by atoms with E-state index in [1.807, 2.05) is 19.1 Å². The first kappa shape index (κ1) is 18.4. The maximum absolute atomic E-state index is 12.4. The number of aromatic nitrogens is 3. The third-order valence-corrected chi connectivity index (χ3v) is 4.49. The number of ether oxygens (including phenoxy) is 1. The van der Waals surface area contributed by atoms with Crippen molar-refractivity contribution < 1.29 is 14.3 Å². The van der Waals surface area contributed by atoms with Gasteiger partial charge in [0.1, 0.15) is 5.15 Å². The van der Waals surface area contributed by atoms with E-state index in [-0.39, 0.29) is 17.3 Å². The molecule has 1 aromatic carbocycles. The molecule has 3 rings (SSSR count). The Bertz CT molecular complexity index is 1040. The predicted octanol–water partition coefficient (Wildman–Crippen LogP) is 4.07. The molecule has 0 bridgehead atoms. The van der Waals surface area contributed by atoms with E-state index < -0.39 is 11.8 Å². The van der Waals surface area contributed by atoms with Gasteiger partial charge >= 0.3 is 5.97 Å². The zero-order valence-corrected chi connectivity index (χ0v) is 15.9. The van der Waals surface area contributed by atoms with Crippen molar-refractivity contribution in [3.05, 3.63) is 51.3 Å². The second kappa shape index (κ2) is 7.05. The second-order valence-electron chi connectivity index (χ2n) is 5.63. The summed E-state index contributed by atoms with van der Waals surface area (Å²) in [5.41, 5.74) is 3.05. The molecular weight excluding hydrogens is 377 g/mol. The van der Waals surface area contributed by atoms with Gasteiger partial charge in [0.2, 0.25) is 0 Å². The number of aryl methyl sites for hydroxylation is 2. The normalized spacial score (nSPS) is 11.0. The van der Waals surface area contributed by atoms with Crippen LogP contribution in [0.5, 0.6) is 0 Å². The van der Waals surface area contributed by atoms with E-state index in [0.717, 1.165) is 11.1 Å². The van der Waals surface area contributed by atoms with Crippen LogP contribution in [0.4, 0.5) is 0 Å². The highest BCUT2D eigenvalue weighted by Gasteiger charge is 2.27. The average Bonchev–Trinajstić information content (AvgIpc) is 2.92. The summed E-state index contributed by atoms with van der Waals surface area (Å²) in [4.78, 5) is 28.6. The highest BCUT2D eigenvalue weighted by Crippen LogP contribution is 2.30. The molecule has 0 atom stereocenters. The fourth-order valence-electron chi connectivity index (χ4n) is 2.69. The Morgan fingerprint density at radius 2 is 1.96 bits per heavy atom. The molecule has 0 saturated carbocycles. The Kier molecular flexibility index (Phi) is 4.98. The van der Waals surface area contributed by atoms with Gasteiger partial charge in [-0.15, -0.1) is 0 Å². The number of hydrogen-bond donors (Lipinski definition) is 0. The summed E-state index contributed by atoms with van der Waals surface area (Å²) < 4.78 is 6.13. The van der Waals surface area contributed by atoms with E-state index in [9.17, 15) is 9.59 Å². The van der Waals surface area contributed by atoms with Gasteiger partial charge in [0.15, 0.2) is 5.65 Å². The topological polar surface area (TPSA) is 73.6 Å². The van der Waals surface area contributed by atoms with Gasteiger partial charge in [-0.1, -0.05) is 35.3 Å². The van der Waals surface area contributed by atoms with Gasteiger partial charge in [0.25, 0.3) is 5.78 Å². The standard InChI is InChI=1S/C18H15Cl2N3O3/c1-4-26-18(25)15(24)13-10(3)21-17-9(2)14(22-23(17)16(13)20)11-6-5-7-12(19)8-11/h5-8H,4H2,1-3H3. The zero-order valence-electron chi connectivity index (χ0n) is 14.3. The zero-order chi connectivity index (χ0) is 19.0. The van der Waals surface area contributed by atoms with Crippen molar-refractivity contribution in [1.82, 2.24) is 14.6 Å². The van der Waals surface area contributed by atoms with E-state index in [4.69, 9.17) is 27.9 Å². The molecule has 0 unspecified atom stereocenters. The number of rotatable bonds is 4. The number of carbonyl (C=O) groups is 2. The van der Waals surface area contributed by atoms with Gasteiger partial charge in [-0.05, 0) is 32.9 Å². The van der Waals surface area contributed by atoms with E-state index in [0.29, 0.717) is 22.1 Å². The number of ketones is 1. The summed E-state index contributed by atoms with van der Waals surface area (Å²) >= 11 is 12.5. The summed E-state index contributed by atoms with van der Waals surface area (Å²) in [6, 6.07) is 7.23. The number of esters is 1. The lowest BCUT2D eigenvalue weighted by atomic mass is 10.1. The van der Waals surface area contributed by atoms with E-state index >= 15 is 0 Å². The third kappa shape index (κ3) is 3.06. The molecule has 6 nitrogen and oxygen atoms in total. The van der Waals surface area contributed by atoms with Crippen LogP contribution in [0.25, 0.3) is 16.9 Å². The van der Waals surface area contributed by atoms with Crippen LogP contribution < -0.4 is 0 Å². The highest BCUT2D eigenvalue weighted by atomic mass is 35.5. The first-order chi connectivity index (χ1) is 12.3. The molecule has 0 amide bonds. The van der Waals surface area contributed by atoms with Crippen molar-refractivity contribution >= 4 is 40.6 Å². The van der Waals surface area contributed by atoms with Gasteiger partial charge in [-0.2, -0.15) is 5.10 Å². The van der Waals surface area contributed by atoms with Crippen molar-refractivity contribution in [3.8, 4) is 11.3 Å². The van der Waals surface area contributed by atoms with E-state index in [1.165, 1.54) is 4.52 Å². The SMILES string of the molecule is CCOC(=O)C(=O)c1c(C)nc2c(C)c(-c3cccc(Cl)c3)nn2c1Cl. The number of hydrogen-bond acceptors (Lipinski definition) is 5. The maximum Gasteiger partial charge on any atom is 0.379 e. The smallest absolute Gasteiger partial charge is 0.379 e. The predicted molar refractivity (Wildman–Crippen MR) is 98.9 cm³/mol. The van der Waals surface area contributed by atoms with Crippen LogP contribution >= 0.6 is 23.2 Å².